The van der Waals surface area contributed by atoms with E-state index in [9.17, 15) is 5.11 Å². The SMILES string of the molecule is N#CCC(O)c1cccc(SCCCC2CCCCC2)c1. The molecule has 0 amide bonds. The highest BCUT2D eigenvalue weighted by atomic mass is 32.2. The van der Waals surface area contributed by atoms with Gasteiger partial charge in [-0.15, -0.1) is 11.8 Å². The van der Waals surface area contributed by atoms with Gasteiger partial charge >= 0.3 is 0 Å². The monoisotopic (exact) mass is 303 g/mol. The average Bonchev–Trinajstić information content (AvgIpc) is 2.53. The van der Waals surface area contributed by atoms with Gasteiger partial charge in [0.2, 0.25) is 0 Å². The van der Waals surface area contributed by atoms with Gasteiger partial charge in [-0.05, 0) is 42.2 Å². The van der Waals surface area contributed by atoms with Crippen LogP contribution in [0.3, 0.4) is 0 Å². The summed E-state index contributed by atoms with van der Waals surface area (Å²) < 4.78 is 0. The Morgan fingerprint density at radius 2 is 2.10 bits per heavy atom. The highest BCUT2D eigenvalue weighted by Gasteiger charge is 2.12. The Hall–Kier alpha value is -0.980. The van der Waals surface area contributed by atoms with E-state index >= 15 is 0 Å². The van der Waals surface area contributed by atoms with Crippen LogP contribution in [0.15, 0.2) is 29.2 Å². The van der Waals surface area contributed by atoms with E-state index in [2.05, 4.69) is 6.07 Å². The van der Waals surface area contributed by atoms with E-state index < -0.39 is 6.10 Å². The van der Waals surface area contributed by atoms with Crippen molar-refractivity contribution in [3.63, 3.8) is 0 Å². The maximum Gasteiger partial charge on any atom is 0.0920 e. The molecule has 1 N–H and O–H groups in total. The first-order chi connectivity index (χ1) is 10.3. The van der Waals surface area contributed by atoms with Gasteiger partial charge < -0.3 is 5.11 Å². The van der Waals surface area contributed by atoms with Crippen LogP contribution in [0.5, 0.6) is 0 Å². The first-order valence-electron chi connectivity index (χ1n) is 8.07. The van der Waals surface area contributed by atoms with Gasteiger partial charge in [0, 0.05) is 4.90 Å². The number of hydrogen-bond donors (Lipinski definition) is 1. The second kappa shape index (κ2) is 9.12. The van der Waals surface area contributed by atoms with Crippen LogP contribution < -0.4 is 0 Å². The summed E-state index contributed by atoms with van der Waals surface area (Å²) in [5, 5.41) is 18.5. The molecule has 2 rings (SSSR count). The summed E-state index contributed by atoms with van der Waals surface area (Å²) in [4.78, 5) is 1.20. The molecular weight excluding hydrogens is 278 g/mol. The molecule has 0 heterocycles. The van der Waals surface area contributed by atoms with E-state index in [1.54, 1.807) is 0 Å². The Labute approximate surface area is 132 Å². The van der Waals surface area contributed by atoms with E-state index in [4.69, 9.17) is 5.26 Å². The minimum absolute atomic E-state index is 0.163. The molecule has 1 aliphatic carbocycles. The van der Waals surface area contributed by atoms with Gasteiger partial charge in [0.25, 0.3) is 0 Å². The maximum absolute atomic E-state index is 9.85. The quantitative estimate of drug-likeness (QED) is 0.564. The molecule has 0 aliphatic heterocycles. The zero-order valence-corrected chi connectivity index (χ0v) is 13.4. The number of nitriles is 1. The molecule has 1 aliphatic rings. The van der Waals surface area contributed by atoms with Crippen LogP contribution >= 0.6 is 11.8 Å². The summed E-state index contributed by atoms with van der Waals surface area (Å²) in [6.07, 6.45) is 9.30. The van der Waals surface area contributed by atoms with Gasteiger partial charge in [-0.1, -0.05) is 44.2 Å². The van der Waals surface area contributed by atoms with E-state index in [1.807, 2.05) is 36.0 Å². The topological polar surface area (TPSA) is 44.0 Å². The standard InChI is InChI=1S/C18H25NOS/c19-12-11-18(20)16-9-4-10-17(14-16)21-13-5-8-15-6-2-1-3-7-15/h4,9-10,14-15,18,20H,1-3,5-8,11,13H2. The van der Waals surface area contributed by atoms with Crippen molar-refractivity contribution in [2.75, 3.05) is 5.75 Å². The maximum atomic E-state index is 9.85. The molecule has 0 bridgehead atoms. The molecule has 3 heteroatoms. The van der Waals surface area contributed by atoms with Crippen molar-refractivity contribution in [3.05, 3.63) is 29.8 Å². The third kappa shape index (κ3) is 5.73. The summed E-state index contributed by atoms with van der Waals surface area (Å²) in [5.74, 6) is 2.11. The summed E-state index contributed by atoms with van der Waals surface area (Å²) in [6.45, 7) is 0. The second-order valence-electron chi connectivity index (χ2n) is 5.95. The number of aliphatic hydroxyl groups excluding tert-OH is 1. The Kier molecular flexibility index (Phi) is 7.12. The fourth-order valence-electron chi connectivity index (χ4n) is 3.05. The van der Waals surface area contributed by atoms with Gasteiger partial charge in [-0.3, -0.25) is 0 Å². The number of rotatable bonds is 7. The van der Waals surface area contributed by atoms with Crippen LogP contribution in [0.4, 0.5) is 0 Å². The lowest BCUT2D eigenvalue weighted by atomic mass is 9.86. The van der Waals surface area contributed by atoms with Crippen molar-refractivity contribution in [1.29, 1.82) is 5.26 Å². The summed E-state index contributed by atoms with van der Waals surface area (Å²) in [7, 11) is 0. The van der Waals surface area contributed by atoms with Gasteiger partial charge in [-0.25, -0.2) is 0 Å². The molecule has 1 saturated carbocycles. The predicted molar refractivity (Wildman–Crippen MR) is 88.2 cm³/mol. The van der Waals surface area contributed by atoms with E-state index in [0.29, 0.717) is 0 Å². The number of aliphatic hydroxyl groups is 1. The average molecular weight is 303 g/mol. The van der Waals surface area contributed by atoms with Crippen LogP contribution in [-0.4, -0.2) is 10.9 Å². The third-order valence-corrected chi connectivity index (χ3v) is 5.36. The smallest absolute Gasteiger partial charge is 0.0920 e. The zero-order valence-electron chi connectivity index (χ0n) is 12.6. The van der Waals surface area contributed by atoms with Gasteiger partial charge in [0.1, 0.15) is 0 Å². The fraction of sp³-hybridized carbons (Fsp3) is 0.611. The van der Waals surface area contributed by atoms with Crippen LogP contribution in [0.25, 0.3) is 0 Å². The Morgan fingerprint density at radius 1 is 1.29 bits per heavy atom. The first kappa shape index (κ1) is 16.4. The molecule has 114 valence electrons. The van der Waals surface area contributed by atoms with Crippen molar-refractivity contribution in [1.82, 2.24) is 0 Å². The largest absolute Gasteiger partial charge is 0.387 e. The lowest BCUT2D eigenvalue weighted by molar-refractivity contribution is 0.183. The summed E-state index contributed by atoms with van der Waals surface area (Å²) >= 11 is 1.86. The van der Waals surface area contributed by atoms with Crippen LogP contribution in [0.2, 0.25) is 0 Å². The van der Waals surface area contributed by atoms with Gasteiger partial charge in [0.05, 0.1) is 18.6 Å². The molecule has 1 atom stereocenters. The predicted octanol–water partition coefficient (Wildman–Crippen LogP) is 5.09. The highest BCUT2D eigenvalue weighted by molar-refractivity contribution is 7.99. The lowest BCUT2D eigenvalue weighted by Crippen LogP contribution is -2.06. The van der Waals surface area contributed by atoms with Crippen molar-refractivity contribution in [2.24, 2.45) is 5.92 Å². The molecule has 1 fully saturated rings. The van der Waals surface area contributed by atoms with Crippen molar-refractivity contribution < 1.29 is 5.11 Å². The number of benzene rings is 1. The molecular formula is C18H25NOS. The van der Waals surface area contributed by atoms with Crippen molar-refractivity contribution in [2.45, 2.75) is 62.4 Å². The van der Waals surface area contributed by atoms with E-state index in [0.717, 1.165) is 17.2 Å². The number of thioether (sulfide) groups is 1. The Bertz CT molecular complexity index is 463. The minimum atomic E-state index is -0.655. The molecule has 0 aromatic heterocycles. The van der Waals surface area contributed by atoms with Crippen molar-refractivity contribution >= 4 is 11.8 Å². The molecule has 0 radical (unpaired) electrons. The van der Waals surface area contributed by atoms with E-state index in [1.165, 1.54) is 49.8 Å². The number of hydrogen-bond acceptors (Lipinski definition) is 3. The first-order valence-corrected chi connectivity index (χ1v) is 9.06. The minimum Gasteiger partial charge on any atom is -0.387 e. The normalized spacial score (nSPS) is 17.3. The third-order valence-electron chi connectivity index (χ3n) is 4.28. The van der Waals surface area contributed by atoms with Crippen LogP contribution in [0, 0.1) is 17.2 Å². The van der Waals surface area contributed by atoms with Crippen molar-refractivity contribution in [3.8, 4) is 6.07 Å². The molecule has 0 saturated heterocycles. The summed E-state index contributed by atoms with van der Waals surface area (Å²) in [6, 6.07) is 10.00. The Balaban J connectivity index is 1.72. The second-order valence-corrected chi connectivity index (χ2v) is 7.11. The molecule has 1 unspecified atom stereocenters. The van der Waals surface area contributed by atoms with Gasteiger partial charge in [-0.2, -0.15) is 5.26 Å². The van der Waals surface area contributed by atoms with Crippen LogP contribution in [-0.2, 0) is 0 Å². The zero-order chi connectivity index (χ0) is 14.9. The lowest BCUT2D eigenvalue weighted by Gasteiger charge is -2.21. The Morgan fingerprint density at radius 3 is 2.86 bits per heavy atom. The fourth-order valence-corrected chi connectivity index (χ4v) is 3.99. The van der Waals surface area contributed by atoms with Crippen LogP contribution in [0.1, 0.15) is 63.0 Å². The summed E-state index contributed by atoms with van der Waals surface area (Å²) in [5.41, 5.74) is 0.855. The molecule has 1 aromatic carbocycles. The van der Waals surface area contributed by atoms with E-state index in [-0.39, 0.29) is 6.42 Å². The molecule has 1 aromatic rings. The highest BCUT2D eigenvalue weighted by Crippen LogP contribution is 2.29. The number of nitrogens with zero attached hydrogens (tertiary/aromatic N) is 1. The molecule has 21 heavy (non-hydrogen) atoms. The molecule has 2 nitrogen and oxygen atoms in total. The van der Waals surface area contributed by atoms with Gasteiger partial charge in [0.15, 0.2) is 0 Å². The molecule has 0 spiro atoms.